The van der Waals surface area contributed by atoms with Crippen LogP contribution in [0.1, 0.15) is 81.1 Å². The first-order valence-electron chi connectivity index (χ1n) is 18.6. The van der Waals surface area contributed by atoms with Gasteiger partial charge in [0.25, 0.3) is 14.4 Å². The lowest BCUT2D eigenvalue weighted by molar-refractivity contribution is -0.171. The second-order valence-corrected chi connectivity index (χ2v) is 16.8. The number of carbonyl (C=O) groups is 1. The summed E-state index contributed by atoms with van der Waals surface area (Å²) in [6.07, 6.45) is -2.10. The number of carbonyl (C=O) groups excluding carboxylic acids is 1. The minimum atomic E-state index is -4.74. The van der Waals surface area contributed by atoms with E-state index in [-0.39, 0.29) is 42.1 Å². The zero-order chi connectivity index (χ0) is 42.3. The average Bonchev–Trinajstić information content (AvgIpc) is 3.75. The van der Waals surface area contributed by atoms with Crippen LogP contribution in [0.2, 0.25) is 0 Å². The van der Waals surface area contributed by atoms with E-state index in [0.29, 0.717) is 5.56 Å². The number of amides is 1. The maximum absolute atomic E-state index is 14.7. The summed E-state index contributed by atoms with van der Waals surface area (Å²) in [5.74, 6) is -4.19. The zero-order valence-corrected chi connectivity index (χ0v) is 34.9. The molecule has 1 unspecified atom stereocenters. The molecule has 3 aromatic rings. The third-order valence-electron chi connectivity index (χ3n) is 8.24. The molecule has 0 radical (unpaired) electrons. The van der Waals surface area contributed by atoms with Gasteiger partial charge in [0.2, 0.25) is 0 Å². The minimum Gasteiger partial charge on any atom is -0.374 e. The standard InChI is InChI=1S/C36H53N7O10P2/c1-24(2)43(25(3)4)54(49-20-15-19-37)51-29-27(18-21-55(45,52-35(5,6)47-10)53-36(7,8)48-11)50-34(30(29)46-9)42-23-40-28-31(38-22-39-32(28)42)41-33(44)26-16-13-12-14-17-26/h12-14,16-18,21-25,27,29-30,34H,15,20H2,1-11H3,(H,38,39,41,44)/b21-18+/t27-,29-,30-,34-,54?/m1/s1/i18D,21D. The molecule has 0 bridgehead atoms. The van der Waals surface area contributed by atoms with Crippen molar-refractivity contribution in [1.82, 2.24) is 24.2 Å². The molecule has 1 N–H and O–H groups in total. The Morgan fingerprint density at radius 1 is 1.07 bits per heavy atom. The van der Waals surface area contributed by atoms with E-state index in [1.807, 2.05) is 32.4 Å². The highest BCUT2D eigenvalue weighted by Gasteiger charge is 2.50. The maximum atomic E-state index is 14.7. The van der Waals surface area contributed by atoms with Gasteiger partial charge in [-0.2, -0.15) is 5.26 Å². The molecule has 0 spiro atoms. The lowest BCUT2D eigenvalue weighted by atomic mass is 10.1. The Morgan fingerprint density at radius 3 is 2.27 bits per heavy atom. The number of rotatable bonds is 20. The van der Waals surface area contributed by atoms with Crippen LogP contribution >= 0.6 is 16.1 Å². The van der Waals surface area contributed by atoms with Gasteiger partial charge < -0.3 is 33.3 Å². The van der Waals surface area contributed by atoms with Gasteiger partial charge in [-0.05, 0) is 73.6 Å². The van der Waals surface area contributed by atoms with E-state index < -0.39 is 70.0 Å². The molecule has 0 saturated carbocycles. The van der Waals surface area contributed by atoms with Crippen LogP contribution in [0.3, 0.4) is 0 Å². The Hall–Kier alpha value is -3.23. The minimum absolute atomic E-state index is 0.0420. The second kappa shape index (κ2) is 19.3. The van der Waals surface area contributed by atoms with Crippen LogP contribution in [0.25, 0.3) is 11.2 Å². The summed E-state index contributed by atoms with van der Waals surface area (Å²) < 4.78 is 85.0. The number of anilines is 1. The fourth-order valence-corrected chi connectivity index (χ4v) is 8.97. The van der Waals surface area contributed by atoms with Crippen molar-refractivity contribution in [2.75, 3.05) is 33.3 Å². The monoisotopic (exact) mass is 807 g/mol. The Balaban J connectivity index is 1.89. The first-order valence-corrected chi connectivity index (χ1v) is 20.3. The molecule has 0 aliphatic carbocycles. The number of methoxy groups -OCH3 is 3. The molecule has 5 atom stereocenters. The molecule has 1 aromatic carbocycles. The number of ether oxygens (including phenoxy) is 4. The number of nitrogens with zero attached hydrogens (tertiary/aromatic N) is 6. The van der Waals surface area contributed by atoms with Gasteiger partial charge in [0.15, 0.2) is 34.8 Å². The van der Waals surface area contributed by atoms with Crippen LogP contribution in [0.5, 0.6) is 0 Å². The molecule has 19 heteroatoms. The number of nitriles is 1. The van der Waals surface area contributed by atoms with Crippen molar-refractivity contribution >= 4 is 39.0 Å². The SMILES string of the molecule is [2H]/C(=C(/[2H])P(=O)(OC(C)(C)OC)OC(C)(C)OC)[C@H]1O[C@@H](n2cnc3c(NC(=O)c4ccccc4)ncnc32)[C@H](OC)[C@@H]1OP(OCCC#N)N(C(C)C)C(C)C. The third kappa shape index (κ3) is 11.4. The zero-order valence-electron chi connectivity index (χ0n) is 35.1. The first kappa shape index (κ1) is 41.4. The summed E-state index contributed by atoms with van der Waals surface area (Å²) in [6.45, 7) is 13.8. The molecular weight excluding hydrogens is 752 g/mol. The number of hydrogen-bond donors (Lipinski definition) is 1. The Morgan fingerprint density at radius 2 is 1.71 bits per heavy atom. The second-order valence-electron chi connectivity index (χ2n) is 13.8. The van der Waals surface area contributed by atoms with Crippen molar-refractivity contribution in [3.8, 4) is 6.07 Å². The highest BCUT2D eigenvalue weighted by atomic mass is 31.2. The quantitative estimate of drug-likeness (QED) is 0.0687. The summed E-state index contributed by atoms with van der Waals surface area (Å²) in [5.41, 5.74) is 0.872. The van der Waals surface area contributed by atoms with Crippen molar-refractivity contribution < 1.29 is 49.1 Å². The Kier molecular flexibility index (Phi) is 14.5. The molecule has 17 nitrogen and oxygen atoms in total. The van der Waals surface area contributed by atoms with Gasteiger partial charge in [-0.3, -0.25) is 23.0 Å². The normalized spacial score (nSPS) is 21.1. The summed E-state index contributed by atoms with van der Waals surface area (Å²) in [4.78, 5) is 26.3. The van der Waals surface area contributed by atoms with Gasteiger partial charge in [0.1, 0.15) is 24.6 Å². The molecule has 2 aromatic heterocycles. The number of benzene rings is 1. The molecule has 302 valence electrons. The number of imidazole rings is 1. The molecule has 1 fully saturated rings. The van der Waals surface area contributed by atoms with Crippen molar-refractivity contribution in [2.45, 2.75) is 110 Å². The first-order chi connectivity index (χ1) is 26.8. The Labute approximate surface area is 326 Å². The maximum Gasteiger partial charge on any atom is 0.358 e. The van der Waals surface area contributed by atoms with Crippen LogP contribution in [-0.2, 0) is 41.6 Å². The third-order valence-corrected chi connectivity index (χ3v) is 12.1. The summed E-state index contributed by atoms with van der Waals surface area (Å²) in [6, 6.07) is 9.87. The smallest absolute Gasteiger partial charge is 0.358 e. The molecule has 1 aliphatic heterocycles. The molecule has 4 rings (SSSR count). The van der Waals surface area contributed by atoms with Crippen LogP contribution < -0.4 is 5.32 Å². The highest BCUT2D eigenvalue weighted by molar-refractivity contribution is 7.57. The van der Waals surface area contributed by atoms with Gasteiger partial charge in [0.05, 0.1) is 28.2 Å². The van der Waals surface area contributed by atoms with E-state index in [9.17, 15) is 17.4 Å². The van der Waals surface area contributed by atoms with Crippen LogP contribution in [-0.4, -0.2) is 100 Å². The van der Waals surface area contributed by atoms with Gasteiger partial charge in [-0.25, -0.2) is 19.6 Å². The molecule has 55 heavy (non-hydrogen) atoms. The van der Waals surface area contributed by atoms with Crippen molar-refractivity contribution in [3.05, 3.63) is 60.4 Å². The van der Waals surface area contributed by atoms with E-state index in [1.54, 1.807) is 30.3 Å². The lowest BCUT2D eigenvalue weighted by Gasteiger charge is -2.38. The predicted molar refractivity (Wildman–Crippen MR) is 206 cm³/mol. The number of aromatic nitrogens is 4. The van der Waals surface area contributed by atoms with Gasteiger partial charge >= 0.3 is 7.60 Å². The average molecular weight is 808 g/mol. The fraction of sp³-hybridized carbons (Fsp3) is 0.583. The van der Waals surface area contributed by atoms with E-state index in [4.69, 9.17) is 37.0 Å². The summed E-state index contributed by atoms with van der Waals surface area (Å²) >= 11 is 0. The van der Waals surface area contributed by atoms with Crippen LogP contribution in [0.4, 0.5) is 5.82 Å². The van der Waals surface area contributed by atoms with Gasteiger partial charge in [0, 0.05) is 44.8 Å². The predicted octanol–water partition coefficient (Wildman–Crippen LogP) is 7.16. The number of hydrogen-bond acceptors (Lipinski definition) is 15. The van der Waals surface area contributed by atoms with Crippen molar-refractivity contribution in [2.24, 2.45) is 0 Å². The van der Waals surface area contributed by atoms with Crippen molar-refractivity contribution in [1.29, 1.82) is 5.26 Å². The lowest BCUT2D eigenvalue weighted by Crippen LogP contribution is -2.39. The summed E-state index contributed by atoms with van der Waals surface area (Å²) in [7, 11) is -2.62. The number of fused-ring (bicyclic) bond motifs is 1. The van der Waals surface area contributed by atoms with E-state index in [0.717, 1.165) is 0 Å². The molecule has 1 saturated heterocycles. The fourth-order valence-electron chi connectivity index (χ4n) is 5.50. The van der Waals surface area contributed by atoms with Crippen LogP contribution in [0, 0.1) is 11.3 Å². The number of nitrogens with one attached hydrogen (secondary N) is 1. The molecule has 3 heterocycles. The van der Waals surface area contributed by atoms with Gasteiger partial charge in [-0.15, -0.1) is 0 Å². The van der Waals surface area contributed by atoms with E-state index in [1.165, 1.54) is 66.2 Å². The molecule has 1 aliphatic rings. The van der Waals surface area contributed by atoms with Gasteiger partial charge in [-0.1, -0.05) is 18.2 Å². The van der Waals surface area contributed by atoms with Crippen LogP contribution in [0.15, 0.2) is 54.8 Å². The largest absolute Gasteiger partial charge is 0.374 e. The van der Waals surface area contributed by atoms with E-state index >= 15 is 0 Å². The highest BCUT2D eigenvalue weighted by Crippen LogP contribution is 2.57. The van der Waals surface area contributed by atoms with Crippen molar-refractivity contribution in [3.63, 3.8) is 0 Å². The summed E-state index contributed by atoms with van der Waals surface area (Å²) in [5, 5.41) is 12.1. The molecular formula is C36H53N7O10P2. The molecule has 1 amide bonds. The topological polar surface area (TPSA) is 191 Å². The van der Waals surface area contributed by atoms with E-state index in [2.05, 4.69) is 26.3 Å². The Bertz CT molecular complexity index is 1920.